The predicted octanol–water partition coefficient (Wildman–Crippen LogP) is 0.0730. The van der Waals surface area contributed by atoms with E-state index in [1.807, 2.05) is 0 Å². The van der Waals surface area contributed by atoms with Crippen LogP contribution in [0, 0.1) is 0 Å². The number of nitrogens with zero attached hydrogens (tertiary/aromatic N) is 1. The van der Waals surface area contributed by atoms with Crippen molar-refractivity contribution in [3.8, 4) is 0 Å². The fourth-order valence-electron chi connectivity index (χ4n) is 1.99. The van der Waals surface area contributed by atoms with Gasteiger partial charge >= 0.3 is 5.69 Å². The first-order valence-electron chi connectivity index (χ1n) is 4.77. The summed E-state index contributed by atoms with van der Waals surface area (Å²) in [6, 6.07) is 5.30. The van der Waals surface area contributed by atoms with Crippen LogP contribution in [0.4, 0.5) is 0 Å². The Balaban J connectivity index is 2.52. The number of benzene rings is 1. The molecule has 1 aliphatic heterocycles. The molecule has 1 aromatic carbocycles. The Kier molecular flexibility index (Phi) is 1.50. The number of rotatable bonds is 0. The third-order valence-electron chi connectivity index (χ3n) is 2.66. The zero-order valence-electron chi connectivity index (χ0n) is 7.91. The van der Waals surface area contributed by atoms with Crippen LogP contribution in [0.15, 0.2) is 23.0 Å². The van der Waals surface area contributed by atoms with Crippen molar-refractivity contribution in [1.82, 2.24) is 14.9 Å². The van der Waals surface area contributed by atoms with E-state index in [-0.39, 0.29) is 11.6 Å². The minimum atomic E-state index is -0.158. The molecule has 2 aromatic rings. The fourth-order valence-corrected chi connectivity index (χ4v) is 1.99. The van der Waals surface area contributed by atoms with Gasteiger partial charge in [-0.3, -0.25) is 9.36 Å². The second kappa shape index (κ2) is 2.73. The minimum Gasteiger partial charge on any atom is -0.350 e. The molecule has 0 unspecified atom stereocenters. The van der Waals surface area contributed by atoms with Crippen LogP contribution < -0.4 is 11.0 Å². The smallest absolute Gasteiger partial charge is 0.326 e. The number of carbonyl (C=O) groups excluding carboxylic acids is 1. The van der Waals surface area contributed by atoms with Crippen LogP contribution in [0.1, 0.15) is 10.4 Å². The molecule has 1 aromatic heterocycles. The maximum Gasteiger partial charge on any atom is 0.326 e. The molecule has 2 N–H and O–H groups in total. The zero-order valence-corrected chi connectivity index (χ0v) is 7.91. The molecular weight excluding hydrogens is 194 g/mol. The van der Waals surface area contributed by atoms with Crippen LogP contribution in [0.2, 0.25) is 0 Å². The van der Waals surface area contributed by atoms with E-state index in [9.17, 15) is 9.59 Å². The quantitative estimate of drug-likeness (QED) is 0.636. The van der Waals surface area contributed by atoms with E-state index in [1.54, 1.807) is 22.8 Å². The highest BCUT2D eigenvalue weighted by atomic mass is 16.2. The standard InChI is InChI=1S/C10H9N3O2/c14-9-6-2-1-3-7-8(6)13(5-4-11-9)10(15)12-7/h1-3H,4-5H2,(H,11,14)(H,12,15). The molecule has 5 heteroatoms. The van der Waals surface area contributed by atoms with Crippen molar-refractivity contribution >= 4 is 16.9 Å². The Hall–Kier alpha value is -2.04. The average Bonchev–Trinajstić information content (AvgIpc) is 2.43. The number of hydrogen-bond acceptors (Lipinski definition) is 2. The lowest BCUT2D eigenvalue weighted by Gasteiger charge is -1.99. The lowest BCUT2D eigenvalue weighted by atomic mass is 10.2. The van der Waals surface area contributed by atoms with Crippen LogP contribution in [0.3, 0.4) is 0 Å². The van der Waals surface area contributed by atoms with Gasteiger partial charge in [-0.2, -0.15) is 0 Å². The predicted molar refractivity (Wildman–Crippen MR) is 54.9 cm³/mol. The summed E-state index contributed by atoms with van der Waals surface area (Å²) in [5.41, 5.74) is 1.82. The lowest BCUT2D eigenvalue weighted by molar-refractivity contribution is 0.0956. The zero-order chi connectivity index (χ0) is 10.4. The average molecular weight is 203 g/mol. The highest BCUT2D eigenvalue weighted by Crippen LogP contribution is 2.17. The first-order chi connectivity index (χ1) is 7.27. The van der Waals surface area contributed by atoms with Gasteiger partial charge in [-0.05, 0) is 12.1 Å². The molecule has 0 saturated carbocycles. The van der Waals surface area contributed by atoms with E-state index >= 15 is 0 Å². The van der Waals surface area contributed by atoms with E-state index in [4.69, 9.17) is 0 Å². The van der Waals surface area contributed by atoms with Gasteiger partial charge in [0.05, 0.1) is 16.6 Å². The second-order valence-electron chi connectivity index (χ2n) is 3.54. The van der Waals surface area contributed by atoms with E-state index in [1.165, 1.54) is 0 Å². The SMILES string of the molecule is O=C1NCCn2c(=O)[nH]c3cccc1c32. The van der Waals surface area contributed by atoms with Gasteiger partial charge in [0.25, 0.3) is 5.91 Å². The van der Waals surface area contributed by atoms with Crippen LogP contribution in [0.5, 0.6) is 0 Å². The number of carbonyl (C=O) groups is 1. The summed E-state index contributed by atoms with van der Waals surface area (Å²) in [7, 11) is 0. The van der Waals surface area contributed by atoms with Crippen molar-refractivity contribution < 1.29 is 4.79 Å². The Labute approximate surface area is 84.7 Å². The molecule has 0 saturated heterocycles. The van der Waals surface area contributed by atoms with Crippen molar-refractivity contribution in [2.24, 2.45) is 0 Å². The molecule has 0 spiro atoms. The maximum atomic E-state index is 11.7. The monoisotopic (exact) mass is 203 g/mol. The topological polar surface area (TPSA) is 66.9 Å². The minimum absolute atomic E-state index is 0.120. The van der Waals surface area contributed by atoms with Gasteiger partial charge in [0.15, 0.2) is 0 Å². The summed E-state index contributed by atoms with van der Waals surface area (Å²) >= 11 is 0. The number of aromatic amines is 1. The van der Waals surface area contributed by atoms with Crippen molar-refractivity contribution in [3.05, 3.63) is 34.2 Å². The molecule has 0 bridgehead atoms. The maximum absolute atomic E-state index is 11.7. The molecule has 2 heterocycles. The van der Waals surface area contributed by atoms with Gasteiger partial charge in [-0.25, -0.2) is 4.79 Å². The van der Waals surface area contributed by atoms with Crippen molar-refractivity contribution in [1.29, 1.82) is 0 Å². The summed E-state index contributed by atoms with van der Waals surface area (Å²) in [5.74, 6) is -0.120. The molecule has 1 aliphatic rings. The third-order valence-corrected chi connectivity index (χ3v) is 2.66. The first kappa shape index (κ1) is 8.28. The molecule has 0 atom stereocenters. The van der Waals surface area contributed by atoms with Gasteiger partial charge < -0.3 is 10.3 Å². The molecule has 3 rings (SSSR count). The normalized spacial score (nSPS) is 15.1. The summed E-state index contributed by atoms with van der Waals surface area (Å²) in [5, 5.41) is 2.75. The number of amides is 1. The number of H-pyrrole nitrogens is 1. The largest absolute Gasteiger partial charge is 0.350 e. The van der Waals surface area contributed by atoms with E-state index in [2.05, 4.69) is 10.3 Å². The third kappa shape index (κ3) is 1.03. The van der Waals surface area contributed by atoms with Gasteiger partial charge in [0.1, 0.15) is 0 Å². The summed E-state index contributed by atoms with van der Waals surface area (Å²) in [4.78, 5) is 26.0. The van der Waals surface area contributed by atoms with Crippen LogP contribution >= 0.6 is 0 Å². The summed E-state index contributed by atoms with van der Waals surface area (Å²) < 4.78 is 1.60. The van der Waals surface area contributed by atoms with Crippen LogP contribution in [0.25, 0.3) is 11.0 Å². The Morgan fingerprint density at radius 2 is 2.13 bits per heavy atom. The summed E-state index contributed by atoms with van der Waals surface area (Å²) in [6.45, 7) is 1.00. The van der Waals surface area contributed by atoms with Gasteiger partial charge in [-0.1, -0.05) is 6.07 Å². The number of imidazole rings is 1. The number of nitrogens with one attached hydrogen (secondary N) is 2. The van der Waals surface area contributed by atoms with Crippen molar-refractivity contribution in [2.75, 3.05) is 6.54 Å². The van der Waals surface area contributed by atoms with E-state index in [0.29, 0.717) is 24.2 Å². The number of hydrogen-bond donors (Lipinski definition) is 2. The molecule has 76 valence electrons. The fraction of sp³-hybridized carbons (Fsp3) is 0.200. The highest BCUT2D eigenvalue weighted by Gasteiger charge is 2.18. The molecule has 1 amide bonds. The Morgan fingerprint density at radius 1 is 1.27 bits per heavy atom. The Morgan fingerprint density at radius 3 is 3.00 bits per heavy atom. The van der Waals surface area contributed by atoms with Gasteiger partial charge in [0.2, 0.25) is 0 Å². The van der Waals surface area contributed by atoms with E-state index in [0.717, 1.165) is 5.52 Å². The highest BCUT2D eigenvalue weighted by molar-refractivity contribution is 6.05. The molecular formula is C10H9N3O2. The van der Waals surface area contributed by atoms with Crippen LogP contribution in [-0.2, 0) is 6.54 Å². The summed E-state index contributed by atoms with van der Waals surface area (Å²) in [6.07, 6.45) is 0. The molecule has 0 radical (unpaired) electrons. The molecule has 5 nitrogen and oxygen atoms in total. The second-order valence-corrected chi connectivity index (χ2v) is 3.54. The molecule has 0 fully saturated rings. The van der Waals surface area contributed by atoms with Crippen molar-refractivity contribution in [2.45, 2.75) is 6.54 Å². The van der Waals surface area contributed by atoms with Crippen molar-refractivity contribution in [3.63, 3.8) is 0 Å². The Bertz CT molecular complexity index is 609. The number of aromatic nitrogens is 2. The molecule has 0 aliphatic carbocycles. The van der Waals surface area contributed by atoms with E-state index < -0.39 is 0 Å². The number of para-hydroxylation sites is 1. The van der Waals surface area contributed by atoms with Crippen LogP contribution in [-0.4, -0.2) is 22.0 Å². The lowest BCUT2D eigenvalue weighted by Crippen LogP contribution is -2.26. The van der Waals surface area contributed by atoms with Gasteiger partial charge in [-0.15, -0.1) is 0 Å². The molecule has 15 heavy (non-hydrogen) atoms. The first-order valence-corrected chi connectivity index (χ1v) is 4.77. The van der Waals surface area contributed by atoms with Gasteiger partial charge in [0, 0.05) is 13.1 Å².